The first kappa shape index (κ1) is 60.1. The van der Waals surface area contributed by atoms with Crippen LogP contribution in [0.5, 0.6) is 0 Å². The maximum absolute atomic E-state index is 4.95. The van der Waals surface area contributed by atoms with E-state index in [2.05, 4.69) is 179 Å². The summed E-state index contributed by atoms with van der Waals surface area (Å²) in [6, 6.07) is 52.6. The van der Waals surface area contributed by atoms with E-state index in [4.69, 9.17) is 19.9 Å². The van der Waals surface area contributed by atoms with E-state index < -0.39 is 0 Å². The molecule has 0 aliphatic carbocycles. The van der Waals surface area contributed by atoms with Crippen LogP contribution in [0.4, 0.5) is 46.0 Å². The third kappa shape index (κ3) is 13.9. The molecule has 0 bridgehead atoms. The van der Waals surface area contributed by atoms with Crippen molar-refractivity contribution >= 4 is 93.1 Å². The van der Waals surface area contributed by atoms with Gasteiger partial charge in [-0.15, -0.1) is 0 Å². The molecule has 8 aromatic rings. The van der Waals surface area contributed by atoms with Crippen molar-refractivity contribution in [3.05, 3.63) is 170 Å². The van der Waals surface area contributed by atoms with Gasteiger partial charge < -0.3 is 62.5 Å². The second-order valence-electron chi connectivity index (χ2n) is 22.3. The molecule has 12 rings (SSSR count). The van der Waals surface area contributed by atoms with Gasteiger partial charge in [-0.1, -0.05) is 134 Å². The highest BCUT2D eigenvalue weighted by atomic mass is 79.9. The van der Waals surface area contributed by atoms with E-state index in [0.29, 0.717) is 0 Å². The lowest BCUT2D eigenvalue weighted by atomic mass is 10.1. The van der Waals surface area contributed by atoms with Crippen molar-refractivity contribution in [2.45, 2.75) is 103 Å². The van der Waals surface area contributed by atoms with Gasteiger partial charge in [-0.25, -0.2) is 19.9 Å². The van der Waals surface area contributed by atoms with E-state index in [9.17, 15) is 0 Å². The van der Waals surface area contributed by atoms with Crippen molar-refractivity contribution < 1.29 is 42.9 Å². The van der Waals surface area contributed by atoms with Crippen LogP contribution in [0.3, 0.4) is 0 Å². The number of halogens is 2. The maximum atomic E-state index is 4.95. The Labute approximate surface area is 524 Å². The molecule has 82 heavy (non-hydrogen) atoms. The molecule has 16 heteroatoms. The first-order chi connectivity index (χ1) is 39.4. The van der Waals surface area contributed by atoms with Crippen molar-refractivity contribution in [3.63, 3.8) is 0 Å². The smallest absolute Gasteiger partial charge is 0.147 e. The summed E-state index contributed by atoms with van der Waals surface area (Å²) >= 11 is 7.35. The lowest BCUT2D eigenvalue weighted by molar-refractivity contribution is -0.907. The number of nitrogens with zero attached hydrogens (tertiary/aromatic N) is 10. The topological polar surface area (TPSA) is 64.5 Å². The molecule has 4 aromatic carbocycles. The van der Waals surface area contributed by atoms with Gasteiger partial charge in [0.1, 0.15) is 23.3 Å². The molecule has 4 aliphatic heterocycles. The van der Waals surface area contributed by atoms with Crippen LogP contribution in [0.1, 0.15) is 64.2 Å². The molecule has 4 aliphatic rings. The Morgan fingerprint density at radius 2 is 0.500 bits per heavy atom. The molecule has 0 radical (unpaired) electrons. The van der Waals surface area contributed by atoms with E-state index in [1.807, 2.05) is 71.8 Å². The van der Waals surface area contributed by atoms with Crippen molar-refractivity contribution in [1.29, 1.82) is 0 Å². The number of unbranched alkanes of at least 4 members (excludes halogenated alkanes) is 9. The quantitative estimate of drug-likeness (QED) is 0.0405. The highest BCUT2D eigenvalue weighted by molar-refractivity contribution is 8.00. The van der Waals surface area contributed by atoms with E-state index in [1.54, 1.807) is 0 Å². The highest BCUT2D eigenvalue weighted by Gasteiger charge is 2.34. The van der Waals surface area contributed by atoms with E-state index in [0.717, 1.165) is 97.7 Å². The predicted molar refractivity (Wildman–Crippen MR) is 335 cm³/mol. The summed E-state index contributed by atoms with van der Waals surface area (Å²) in [7, 11) is 5.01. The lowest BCUT2D eigenvalue weighted by Gasteiger charge is -2.40. The van der Waals surface area contributed by atoms with Crippen LogP contribution in [-0.2, 0) is 0 Å². The standard InChI is InChI=1S/C66H74N10S4.2BrH/c1-75(47-41-71-51-25-11-15-29-55(51)77-59-33-21-37-67-63(59)71,48-42-72-52-26-12-16-30-56(52)78-60-34-22-38-68-64(60)72)45-19-9-7-5-3-4-6-8-10-20-46-76(2,49-43-73-53-27-13-17-31-57(53)79-61-35-23-39-69-65(61)73)50-44-74-54-28-14-18-32-58(54)80-62-36-24-40-70-66(62)74;;/h11-18,21-40H,3-10,19-20,41-50H2,1-2H3;2*1H/q+2;;/p-2. The molecule has 426 valence electrons. The largest absolute Gasteiger partial charge is 1.00 e. The van der Waals surface area contributed by atoms with Crippen LogP contribution < -0.4 is 53.6 Å². The summed E-state index contributed by atoms with van der Waals surface area (Å²) in [5.41, 5.74) is 5.08. The van der Waals surface area contributed by atoms with E-state index in [-0.39, 0.29) is 34.0 Å². The molecule has 4 aromatic heterocycles. The second-order valence-corrected chi connectivity index (χ2v) is 26.6. The van der Waals surface area contributed by atoms with Crippen LogP contribution in [0, 0.1) is 0 Å². The van der Waals surface area contributed by atoms with Crippen molar-refractivity contribution in [2.75, 3.05) is 99.1 Å². The number of benzene rings is 4. The van der Waals surface area contributed by atoms with Gasteiger partial charge in [0.15, 0.2) is 0 Å². The van der Waals surface area contributed by atoms with Crippen LogP contribution in [-0.4, -0.2) is 108 Å². The molecule has 0 unspecified atom stereocenters. The summed E-state index contributed by atoms with van der Waals surface area (Å²) < 4.78 is 1.99. The van der Waals surface area contributed by atoms with Gasteiger partial charge in [-0.3, -0.25) is 0 Å². The number of hydrogen-bond acceptors (Lipinski definition) is 12. The number of aromatic nitrogens is 4. The monoisotopic (exact) mass is 1290 g/mol. The van der Waals surface area contributed by atoms with Gasteiger partial charge in [0.2, 0.25) is 0 Å². The molecule has 0 N–H and O–H groups in total. The average Bonchev–Trinajstić information content (AvgIpc) is 3.65. The fraction of sp³-hybridized carbons (Fsp3) is 0.333. The van der Waals surface area contributed by atoms with E-state index in [1.165, 1.54) is 126 Å². The third-order valence-electron chi connectivity index (χ3n) is 16.6. The van der Waals surface area contributed by atoms with E-state index >= 15 is 0 Å². The molecular weight excluding hydrogens is 1220 g/mol. The Bertz CT molecular complexity index is 2800. The number of rotatable bonds is 25. The SMILES string of the molecule is C[N+](CCCCCCCCCCCC[N+](C)(CCN1c2ccccc2Sc2cccnc21)CCN1c2ccccc2Sc2cccnc21)(CCN1c2ccccc2Sc2cccnc21)CCN1c2ccccc2Sc2cccnc21.[Br-].[Br-]. The Kier molecular flexibility index (Phi) is 20.7. The molecule has 0 spiro atoms. The average molecular weight is 1300 g/mol. The molecule has 0 amide bonds. The highest BCUT2D eigenvalue weighted by Crippen LogP contribution is 2.50. The first-order valence-electron chi connectivity index (χ1n) is 29.0. The minimum atomic E-state index is 0. The number of anilines is 8. The third-order valence-corrected chi connectivity index (χ3v) is 21.0. The summed E-state index contributed by atoms with van der Waals surface area (Å²) in [5.74, 6) is 4.33. The molecule has 8 heterocycles. The first-order valence-corrected chi connectivity index (χ1v) is 32.3. The fourth-order valence-corrected chi connectivity index (χ4v) is 16.3. The number of fused-ring (bicyclic) bond motifs is 8. The number of para-hydroxylation sites is 4. The molecule has 10 nitrogen and oxygen atoms in total. The van der Waals surface area contributed by atoms with Crippen LogP contribution in [0.15, 0.2) is 210 Å². The lowest BCUT2D eigenvalue weighted by Crippen LogP contribution is -3.00. The number of quaternary nitrogens is 2. The van der Waals surface area contributed by atoms with Gasteiger partial charge in [-0.05, 0) is 123 Å². The van der Waals surface area contributed by atoms with Gasteiger partial charge in [0.25, 0.3) is 0 Å². The van der Waals surface area contributed by atoms with Crippen LogP contribution >= 0.6 is 47.0 Å². The molecule has 0 atom stereocenters. The van der Waals surface area contributed by atoms with Crippen molar-refractivity contribution in [2.24, 2.45) is 0 Å². The zero-order valence-electron chi connectivity index (χ0n) is 47.2. The number of hydrogen-bond donors (Lipinski definition) is 0. The molecule has 0 fully saturated rings. The minimum absolute atomic E-state index is 0. The second kappa shape index (κ2) is 28.2. The van der Waals surface area contributed by atoms with Gasteiger partial charge >= 0.3 is 0 Å². The minimum Gasteiger partial charge on any atom is -1.00 e. The Hall–Kier alpha value is -5.04. The zero-order valence-corrected chi connectivity index (χ0v) is 53.6. The summed E-state index contributed by atoms with van der Waals surface area (Å²) in [5, 5.41) is 0. The normalized spacial score (nSPS) is 13.7. The summed E-state index contributed by atoms with van der Waals surface area (Å²) in [4.78, 5) is 39.9. The van der Waals surface area contributed by atoms with Gasteiger partial charge in [-0.2, -0.15) is 0 Å². The molecule has 0 saturated heterocycles. The Morgan fingerprint density at radius 3 is 0.756 bits per heavy atom. The summed E-state index contributed by atoms with van der Waals surface area (Å²) in [6.45, 7) is 10.1. The van der Waals surface area contributed by atoms with Gasteiger partial charge in [0.05, 0.1) is 122 Å². The maximum Gasteiger partial charge on any atom is 0.147 e. The zero-order chi connectivity index (χ0) is 54.1. The number of pyridine rings is 4. The number of likely N-dealkylation sites (N-methyl/N-ethyl adjacent to an activating group) is 2. The predicted octanol–water partition coefficient (Wildman–Crippen LogP) is 10.6. The van der Waals surface area contributed by atoms with Crippen molar-refractivity contribution in [1.82, 2.24) is 19.9 Å². The summed E-state index contributed by atoms with van der Waals surface area (Å²) in [6.07, 6.45) is 20.7. The fourth-order valence-electron chi connectivity index (χ4n) is 12.0. The van der Waals surface area contributed by atoms with Gasteiger partial charge in [0, 0.05) is 44.4 Å². The van der Waals surface area contributed by atoms with Crippen molar-refractivity contribution in [3.8, 4) is 0 Å². The molecule has 0 saturated carbocycles. The Morgan fingerprint density at radius 1 is 0.280 bits per heavy atom. The van der Waals surface area contributed by atoms with Crippen LogP contribution in [0.25, 0.3) is 0 Å². The van der Waals surface area contributed by atoms with Crippen LogP contribution in [0.2, 0.25) is 0 Å². The Balaban J connectivity index is 0.00000376. The molecular formula is C66H74Br2N10S4.